The average Bonchev–Trinajstić information content (AvgIpc) is 2.51. The van der Waals surface area contributed by atoms with Crippen molar-refractivity contribution in [1.29, 1.82) is 0 Å². The smallest absolute Gasteiger partial charge is 0.385 e. The number of hydrogen-bond acceptors (Lipinski definition) is 4. The second kappa shape index (κ2) is 11.4. The van der Waals surface area contributed by atoms with Gasteiger partial charge in [-0.25, -0.2) is 8.42 Å². The van der Waals surface area contributed by atoms with Crippen LogP contribution in [-0.4, -0.2) is 70.1 Å². The number of piperidine rings is 1. The summed E-state index contributed by atoms with van der Waals surface area (Å²) in [4.78, 5) is 4.35. The molecule has 1 fully saturated rings. The van der Waals surface area contributed by atoms with Crippen molar-refractivity contribution in [1.82, 2.24) is 14.9 Å². The lowest BCUT2D eigenvalue weighted by Crippen LogP contribution is -2.51. The number of rotatable bonds is 7. The minimum absolute atomic E-state index is 0. The molecule has 12 heteroatoms. The van der Waals surface area contributed by atoms with Crippen LogP contribution < -0.4 is 10.6 Å². The summed E-state index contributed by atoms with van der Waals surface area (Å²) < 4.78 is 65.8. The summed E-state index contributed by atoms with van der Waals surface area (Å²) >= 11 is 0. The van der Waals surface area contributed by atoms with Crippen LogP contribution in [0.5, 0.6) is 0 Å². The zero-order valence-corrected chi connectivity index (χ0v) is 17.5. The van der Waals surface area contributed by atoms with Crippen molar-refractivity contribution in [3.8, 4) is 0 Å². The number of aliphatic imine (C=N–C) groups is 1. The summed E-state index contributed by atoms with van der Waals surface area (Å²) in [6, 6.07) is -0.120. The molecule has 0 aliphatic carbocycles. The molecule has 0 aromatic heterocycles. The predicted molar refractivity (Wildman–Crippen MR) is 101 cm³/mol. The van der Waals surface area contributed by atoms with Crippen molar-refractivity contribution >= 4 is 40.0 Å². The van der Waals surface area contributed by atoms with Gasteiger partial charge in [-0.05, 0) is 26.2 Å². The molecule has 0 aromatic carbocycles. The molecular formula is C13H26F3IN4O3S. The maximum Gasteiger partial charge on any atom is 0.511 e. The molecule has 7 nitrogen and oxygen atoms in total. The van der Waals surface area contributed by atoms with Gasteiger partial charge in [-0.3, -0.25) is 4.99 Å². The monoisotopic (exact) mass is 502 g/mol. The Labute approximate surface area is 163 Å². The van der Waals surface area contributed by atoms with E-state index in [1.54, 1.807) is 7.11 Å². The molecule has 1 aliphatic heterocycles. The predicted octanol–water partition coefficient (Wildman–Crippen LogP) is 1.51. The van der Waals surface area contributed by atoms with Crippen LogP contribution in [0.1, 0.15) is 26.2 Å². The molecule has 0 saturated carbocycles. The Kier molecular flexibility index (Phi) is 11.2. The van der Waals surface area contributed by atoms with Gasteiger partial charge in [0.1, 0.15) is 0 Å². The summed E-state index contributed by atoms with van der Waals surface area (Å²) in [6.07, 6.45) is 1.34. The summed E-state index contributed by atoms with van der Waals surface area (Å²) in [6.45, 7) is 3.38. The Morgan fingerprint density at radius 3 is 2.40 bits per heavy atom. The van der Waals surface area contributed by atoms with E-state index in [9.17, 15) is 21.6 Å². The highest BCUT2D eigenvalue weighted by molar-refractivity contribution is 14.0. The van der Waals surface area contributed by atoms with Gasteiger partial charge in [0.15, 0.2) is 5.96 Å². The highest BCUT2D eigenvalue weighted by Gasteiger charge is 2.50. The first-order valence-electron chi connectivity index (χ1n) is 7.82. The number of nitrogens with zero attached hydrogens (tertiary/aromatic N) is 2. The first-order chi connectivity index (χ1) is 11.2. The van der Waals surface area contributed by atoms with Gasteiger partial charge in [0.05, 0.1) is 0 Å². The summed E-state index contributed by atoms with van der Waals surface area (Å²) in [7, 11) is -3.63. The van der Waals surface area contributed by atoms with Gasteiger partial charge in [-0.15, -0.1) is 24.0 Å². The summed E-state index contributed by atoms with van der Waals surface area (Å²) in [5.41, 5.74) is -5.25. The van der Waals surface area contributed by atoms with Crippen molar-refractivity contribution < 1.29 is 26.3 Å². The first-order valence-corrected chi connectivity index (χ1v) is 9.26. The highest BCUT2D eigenvalue weighted by atomic mass is 127. The fourth-order valence-electron chi connectivity index (χ4n) is 2.30. The molecule has 1 saturated heterocycles. The molecule has 150 valence electrons. The quantitative estimate of drug-likeness (QED) is 0.239. The third kappa shape index (κ3) is 7.83. The minimum Gasteiger partial charge on any atom is -0.385 e. The molecule has 0 bridgehead atoms. The van der Waals surface area contributed by atoms with Gasteiger partial charge in [-0.1, -0.05) is 0 Å². The molecule has 0 aromatic rings. The lowest BCUT2D eigenvalue weighted by atomic mass is 10.1. The molecule has 0 radical (unpaired) electrons. The van der Waals surface area contributed by atoms with Crippen LogP contribution in [0.2, 0.25) is 0 Å². The van der Waals surface area contributed by atoms with E-state index < -0.39 is 15.5 Å². The van der Waals surface area contributed by atoms with Crippen LogP contribution in [-0.2, 0) is 14.8 Å². The lowest BCUT2D eigenvalue weighted by Gasteiger charge is -2.32. The van der Waals surface area contributed by atoms with E-state index in [1.807, 2.05) is 6.92 Å². The van der Waals surface area contributed by atoms with Crippen LogP contribution in [0.15, 0.2) is 4.99 Å². The van der Waals surface area contributed by atoms with Crippen molar-refractivity contribution in [3.63, 3.8) is 0 Å². The van der Waals surface area contributed by atoms with E-state index in [1.165, 1.54) is 0 Å². The van der Waals surface area contributed by atoms with E-state index in [2.05, 4.69) is 15.6 Å². The number of methoxy groups -OCH3 is 1. The fourth-order valence-corrected chi connectivity index (χ4v) is 3.28. The van der Waals surface area contributed by atoms with Gasteiger partial charge >= 0.3 is 15.5 Å². The van der Waals surface area contributed by atoms with E-state index in [0.717, 1.165) is 6.42 Å². The fraction of sp³-hybridized carbons (Fsp3) is 0.923. The van der Waals surface area contributed by atoms with E-state index >= 15 is 0 Å². The van der Waals surface area contributed by atoms with Gasteiger partial charge in [0, 0.05) is 45.9 Å². The summed E-state index contributed by atoms with van der Waals surface area (Å²) in [5, 5.41) is 6.20. The first kappa shape index (κ1) is 24.7. The molecule has 1 heterocycles. The molecule has 25 heavy (non-hydrogen) atoms. The number of nitrogens with one attached hydrogen (secondary N) is 2. The van der Waals surface area contributed by atoms with Crippen LogP contribution in [0, 0.1) is 0 Å². The number of ether oxygens (including phenoxy) is 1. The Balaban J connectivity index is 0.00000576. The number of guanidine groups is 1. The largest absolute Gasteiger partial charge is 0.511 e. The lowest BCUT2D eigenvalue weighted by molar-refractivity contribution is -0.0494. The number of halogens is 4. The minimum atomic E-state index is -5.25. The van der Waals surface area contributed by atoms with Gasteiger partial charge in [-0.2, -0.15) is 17.5 Å². The third-order valence-electron chi connectivity index (χ3n) is 3.55. The van der Waals surface area contributed by atoms with Crippen molar-refractivity contribution in [3.05, 3.63) is 0 Å². The molecular weight excluding hydrogens is 476 g/mol. The third-order valence-corrected chi connectivity index (χ3v) is 5.18. The number of hydrogen-bond donors (Lipinski definition) is 2. The van der Waals surface area contributed by atoms with Gasteiger partial charge < -0.3 is 15.4 Å². The second-order valence-electron chi connectivity index (χ2n) is 5.38. The summed E-state index contributed by atoms with van der Waals surface area (Å²) in [5.74, 6) is 0.575. The Bertz CT molecular complexity index is 509. The standard InChI is InChI=1S/C13H25F3N4O3S.HI/c1-3-17-12(18-7-4-10-23-2)19-11-5-8-20(9-6-11)24(21,22)13(14,15)16;/h11H,3-10H2,1-2H3,(H2,17,18,19);1H. The van der Waals surface area contributed by atoms with Crippen LogP contribution >= 0.6 is 24.0 Å². The molecule has 0 atom stereocenters. The van der Waals surface area contributed by atoms with E-state index in [0.29, 0.717) is 30.0 Å². The van der Waals surface area contributed by atoms with Crippen LogP contribution in [0.25, 0.3) is 0 Å². The zero-order chi connectivity index (χ0) is 18.2. The maximum atomic E-state index is 12.5. The highest BCUT2D eigenvalue weighted by Crippen LogP contribution is 2.28. The van der Waals surface area contributed by atoms with Crippen LogP contribution in [0.3, 0.4) is 0 Å². The van der Waals surface area contributed by atoms with E-state index in [4.69, 9.17) is 4.74 Å². The van der Waals surface area contributed by atoms with Crippen molar-refractivity contribution in [2.24, 2.45) is 4.99 Å². The number of sulfonamides is 1. The van der Waals surface area contributed by atoms with E-state index in [-0.39, 0.29) is 55.9 Å². The number of alkyl halides is 3. The Morgan fingerprint density at radius 1 is 1.32 bits per heavy atom. The Hall–Kier alpha value is -0.340. The molecule has 0 spiro atoms. The molecule has 0 unspecified atom stereocenters. The molecule has 1 aliphatic rings. The van der Waals surface area contributed by atoms with Gasteiger partial charge in [0.25, 0.3) is 0 Å². The zero-order valence-electron chi connectivity index (χ0n) is 14.3. The molecule has 2 N–H and O–H groups in total. The normalized spacial score (nSPS) is 17.9. The van der Waals surface area contributed by atoms with Gasteiger partial charge in [0.2, 0.25) is 0 Å². The molecule has 1 rings (SSSR count). The topological polar surface area (TPSA) is 83.0 Å². The second-order valence-corrected chi connectivity index (χ2v) is 7.30. The van der Waals surface area contributed by atoms with Crippen molar-refractivity contribution in [2.45, 2.75) is 37.7 Å². The van der Waals surface area contributed by atoms with Crippen LogP contribution in [0.4, 0.5) is 13.2 Å². The Morgan fingerprint density at radius 2 is 1.92 bits per heavy atom. The van der Waals surface area contributed by atoms with Crippen molar-refractivity contribution in [2.75, 3.05) is 39.9 Å². The SMILES string of the molecule is CCNC(=NCCCOC)NC1CCN(S(=O)(=O)C(F)(F)F)CC1.I. The average molecular weight is 502 g/mol. The molecule has 0 amide bonds. The maximum absolute atomic E-state index is 12.5.